The quantitative estimate of drug-likeness (QED) is 0.0784. The molecule has 0 aromatic heterocycles. The van der Waals surface area contributed by atoms with E-state index in [1.807, 2.05) is 0 Å². The molecule has 0 fully saturated rings. The van der Waals surface area contributed by atoms with Crippen molar-refractivity contribution < 1.29 is 0 Å². The first-order chi connectivity index (χ1) is 20.3. The third kappa shape index (κ3) is 13.7. The highest BCUT2D eigenvalue weighted by Crippen LogP contribution is 2.32. The second-order valence-corrected chi connectivity index (χ2v) is 14.1. The predicted molar refractivity (Wildman–Crippen MR) is 183 cm³/mol. The molecule has 0 heterocycles. The van der Waals surface area contributed by atoms with Gasteiger partial charge < -0.3 is 0 Å². The highest BCUT2D eigenvalue weighted by Gasteiger charge is 2.28. The molecule has 0 radical (unpaired) electrons. The monoisotopic (exact) mass is 571 g/mol. The van der Waals surface area contributed by atoms with Gasteiger partial charge >= 0.3 is 0 Å². The van der Waals surface area contributed by atoms with Gasteiger partial charge in [-0.25, -0.2) is 0 Å². The average Bonchev–Trinajstić information content (AvgIpc) is 3.01. The molecule has 0 atom stereocenters. The van der Waals surface area contributed by atoms with Crippen molar-refractivity contribution in [1.29, 1.82) is 0 Å². The van der Waals surface area contributed by atoms with Gasteiger partial charge in [0.15, 0.2) is 14.7 Å². The van der Waals surface area contributed by atoms with Gasteiger partial charge in [-0.1, -0.05) is 159 Å². The third-order valence-electron chi connectivity index (χ3n) is 8.44. The minimum atomic E-state index is -0.0589. The van der Waals surface area contributed by atoms with Crippen molar-refractivity contribution in [3.8, 4) is 0 Å². The lowest BCUT2D eigenvalue weighted by Crippen LogP contribution is -2.05. The molecule has 0 aliphatic rings. The SMILES string of the molecule is CCCCCCCCCCCc1ccc([S+](c2ccccc2)c2ccc(CCCCCCCCCCC)cc2)cc1. The normalized spacial score (nSPS) is 11.4. The molecule has 41 heavy (non-hydrogen) atoms. The molecule has 0 aliphatic heterocycles. The Kier molecular flexibility index (Phi) is 17.7. The fraction of sp³-hybridized carbons (Fsp3) is 0.550. The molecule has 0 saturated heterocycles. The first kappa shape index (κ1) is 33.5. The number of unbranched alkanes of at least 4 members (excludes halogenated alkanes) is 16. The Morgan fingerprint density at radius 1 is 0.341 bits per heavy atom. The van der Waals surface area contributed by atoms with Crippen LogP contribution in [-0.2, 0) is 23.7 Å². The molecule has 0 N–H and O–H groups in total. The summed E-state index contributed by atoms with van der Waals surface area (Å²) in [7, 11) is -0.0589. The predicted octanol–water partition coefficient (Wildman–Crippen LogP) is 12.9. The van der Waals surface area contributed by atoms with Crippen LogP contribution in [0.5, 0.6) is 0 Å². The van der Waals surface area contributed by atoms with E-state index in [0.29, 0.717) is 0 Å². The number of hydrogen-bond donors (Lipinski definition) is 0. The zero-order chi connectivity index (χ0) is 28.8. The van der Waals surface area contributed by atoms with Crippen molar-refractivity contribution in [3.05, 3.63) is 90.0 Å². The number of benzene rings is 3. The van der Waals surface area contributed by atoms with Crippen LogP contribution in [0.25, 0.3) is 0 Å². The zero-order valence-corrected chi connectivity index (χ0v) is 27.4. The van der Waals surface area contributed by atoms with Gasteiger partial charge in [-0.3, -0.25) is 0 Å². The Morgan fingerprint density at radius 2 is 0.659 bits per heavy atom. The first-order valence-corrected chi connectivity index (χ1v) is 18.5. The van der Waals surface area contributed by atoms with Crippen LogP contribution in [0.15, 0.2) is 93.5 Å². The summed E-state index contributed by atoms with van der Waals surface area (Å²) in [6.07, 6.45) is 27.5. The molecular weight excluding hydrogens is 513 g/mol. The molecule has 0 aliphatic carbocycles. The van der Waals surface area contributed by atoms with Crippen molar-refractivity contribution in [2.75, 3.05) is 0 Å². The van der Waals surface area contributed by atoms with Crippen molar-refractivity contribution in [2.24, 2.45) is 0 Å². The molecule has 0 saturated carbocycles. The molecule has 1 heteroatoms. The first-order valence-electron chi connectivity index (χ1n) is 17.3. The minimum Gasteiger partial charge on any atom is -0.0654 e. The van der Waals surface area contributed by atoms with E-state index < -0.39 is 0 Å². The fourth-order valence-corrected chi connectivity index (χ4v) is 7.89. The van der Waals surface area contributed by atoms with E-state index in [1.165, 1.54) is 154 Å². The maximum atomic E-state index is 2.40. The second-order valence-electron chi connectivity index (χ2n) is 12.1. The van der Waals surface area contributed by atoms with E-state index >= 15 is 0 Å². The largest absolute Gasteiger partial charge is 0.166 e. The molecule has 3 aromatic rings. The van der Waals surface area contributed by atoms with Gasteiger partial charge in [0.2, 0.25) is 0 Å². The van der Waals surface area contributed by atoms with E-state index in [4.69, 9.17) is 0 Å². The smallest absolute Gasteiger partial charge is 0.0654 e. The van der Waals surface area contributed by atoms with Gasteiger partial charge in [-0.2, -0.15) is 0 Å². The maximum absolute atomic E-state index is 2.40. The van der Waals surface area contributed by atoms with Crippen LogP contribution >= 0.6 is 0 Å². The van der Waals surface area contributed by atoms with Gasteiger partial charge in [0.25, 0.3) is 0 Å². The minimum absolute atomic E-state index is 0.0589. The third-order valence-corrected chi connectivity index (χ3v) is 10.7. The number of hydrogen-bond acceptors (Lipinski definition) is 0. The van der Waals surface area contributed by atoms with Crippen molar-refractivity contribution in [2.45, 2.75) is 157 Å². The highest BCUT2D eigenvalue weighted by molar-refractivity contribution is 7.97. The Balaban J connectivity index is 1.47. The molecular formula is C40H59S+. The standard InChI is InChI=1S/C40H59S/c1-3-5-7-9-11-13-15-17-20-24-36-28-32-39(33-29-36)41(38-26-22-19-23-27-38)40-34-30-37(31-35-40)25-21-18-16-14-12-10-8-6-4-2/h19,22-23,26-35H,3-18,20-21,24-25H2,1-2H3/q+1. The Labute approximate surface area is 257 Å². The van der Waals surface area contributed by atoms with Crippen LogP contribution in [0.2, 0.25) is 0 Å². The van der Waals surface area contributed by atoms with Crippen LogP contribution in [0.1, 0.15) is 141 Å². The summed E-state index contributed by atoms with van der Waals surface area (Å²) >= 11 is 0. The van der Waals surface area contributed by atoms with Crippen molar-refractivity contribution in [1.82, 2.24) is 0 Å². The lowest BCUT2D eigenvalue weighted by atomic mass is 10.0. The van der Waals surface area contributed by atoms with E-state index in [0.717, 1.165) is 0 Å². The topological polar surface area (TPSA) is 0 Å². The lowest BCUT2D eigenvalue weighted by Gasteiger charge is -2.10. The number of aryl methyl sites for hydroxylation is 2. The molecule has 0 bridgehead atoms. The van der Waals surface area contributed by atoms with Gasteiger partial charge in [0.05, 0.1) is 10.9 Å². The number of rotatable bonds is 23. The summed E-state index contributed by atoms with van der Waals surface area (Å²) in [4.78, 5) is 4.27. The highest BCUT2D eigenvalue weighted by atomic mass is 32.2. The van der Waals surface area contributed by atoms with Gasteiger partial charge in [0, 0.05) is 0 Å². The van der Waals surface area contributed by atoms with Crippen molar-refractivity contribution in [3.63, 3.8) is 0 Å². The Hall–Kier alpha value is -1.99. The van der Waals surface area contributed by atoms with Crippen LogP contribution in [-0.4, -0.2) is 0 Å². The lowest BCUT2D eigenvalue weighted by molar-refractivity contribution is 0.565. The molecule has 0 spiro atoms. The summed E-state index contributed by atoms with van der Waals surface area (Å²) in [6, 6.07) is 30.3. The average molecular weight is 572 g/mol. The zero-order valence-electron chi connectivity index (χ0n) is 26.6. The molecule has 3 aromatic carbocycles. The summed E-state index contributed by atoms with van der Waals surface area (Å²) in [5, 5.41) is 0. The van der Waals surface area contributed by atoms with E-state index in [-0.39, 0.29) is 10.9 Å². The van der Waals surface area contributed by atoms with Crippen LogP contribution in [0, 0.1) is 0 Å². The Bertz CT molecular complexity index is 939. The second kappa shape index (κ2) is 21.7. The van der Waals surface area contributed by atoms with Gasteiger partial charge in [-0.15, -0.1) is 0 Å². The fourth-order valence-electron chi connectivity index (χ4n) is 5.83. The molecule has 0 amide bonds. The summed E-state index contributed by atoms with van der Waals surface area (Å²) < 4.78 is 0. The molecule has 0 nitrogen and oxygen atoms in total. The van der Waals surface area contributed by atoms with E-state index in [1.54, 1.807) is 0 Å². The molecule has 224 valence electrons. The van der Waals surface area contributed by atoms with Gasteiger partial charge in [-0.05, 0) is 73.2 Å². The Morgan fingerprint density at radius 3 is 1.02 bits per heavy atom. The van der Waals surface area contributed by atoms with E-state index in [2.05, 4.69) is 92.7 Å². The molecule has 3 rings (SSSR count). The van der Waals surface area contributed by atoms with E-state index in [9.17, 15) is 0 Å². The summed E-state index contributed by atoms with van der Waals surface area (Å²) in [5.41, 5.74) is 2.98. The van der Waals surface area contributed by atoms with Crippen LogP contribution < -0.4 is 0 Å². The summed E-state index contributed by atoms with van der Waals surface area (Å²) in [5.74, 6) is 0. The molecule has 0 unspecified atom stereocenters. The van der Waals surface area contributed by atoms with Crippen molar-refractivity contribution >= 4 is 10.9 Å². The maximum Gasteiger partial charge on any atom is 0.166 e. The van der Waals surface area contributed by atoms with Crippen LogP contribution in [0.4, 0.5) is 0 Å². The van der Waals surface area contributed by atoms with Gasteiger partial charge in [0.1, 0.15) is 0 Å². The summed E-state index contributed by atoms with van der Waals surface area (Å²) in [6.45, 7) is 4.59. The van der Waals surface area contributed by atoms with Crippen LogP contribution in [0.3, 0.4) is 0 Å².